The van der Waals surface area contributed by atoms with Gasteiger partial charge in [-0.05, 0) is 44.9 Å². The predicted molar refractivity (Wildman–Crippen MR) is 115 cm³/mol. The monoisotopic (exact) mass is 411 g/mol. The first-order valence-electron chi connectivity index (χ1n) is 10.1. The highest BCUT2D eigenvalue weighted by molar-refractivity contribution is 5.78. The molecule has 0 saturated heterocycles. The highest BCUT2D eigenvalue weighted by atomic mass is 19.1. The summed E-state index contributed by atoms with van der Waals surface area (Å²) in [5.41, 5.74) is 0.00391. The number of hydrogen-bond acceptors (Lipinski definition) is 3. The summed E-state index contributed by atoms with van der Waals surface area (Å²) in [5.74, 6) is -0.449. The molecule has 0 aliphatic carbocycles. The molecule has 1 heterocycles. The largest absolute Gasteiger partial charge is 0.354 e. The van der Waals surface area contributed by atoms with Gasteiger partial charge in [0.15, 0.2) is 0 Å². The minimum absolute atomic E-state index is 0.0308. The van der Waals surface area contributed by atoms with Gasteiger partial charge in [0, 0.05) is 24.6 Å². The number of nitrogens with one attached hydrogen (secondary N) is 1. The third-order valence-electron chi connectivity index (χ3n) is 4.90. The van der Waals surface area contributed by atoms with Crippen molar-refractivity contribution in [3.63, 3.8) is 0 Å². The molecule has 0 aliphatic rings. The number of benzene rings is 2. The smallest absolute Gasteiger partial charge is 0.331 e. The van der Waals surface area contributed by atoms with E-state index >= 15 is 0 Å². The number of hydrogen-bond donors (Lipinski definition) is 1. The summed E-state index contributed by atoms with van der Waals surface area (Å²) in [6.45, 7) is 4.02. The van der Waals surface area contributed by atoms with Crippen LogP contribution in [0.2, 0.25) is 0 Å². The molecule has 0 aliphatic heterocycles. The van der Waals surface area contributed by atoms with Gasteiger partial charge in [-0.15, -0.1) is 0 Å². The molecule has 1 amide bonds. The number of fused-ring (bicyclic) bond motifs is 1. The Bertz CT molecular complexity index is 1160. The van der Waals surface area contributed by atoms with E-state index in [-0.39, 0.29) is 30.6 Å². The van der Waals surface area contributed by atoms with Gasteiger partial charge in [0.1, 0.15) is 5.82 Å². The van der Waals surface area contributed by atoms with Crippen LogP contribution >= 0.6 is 0 Å². The van der Waals surface area contributed by atoms with Gasteiger partial charge in [-0.2, -0.15) is 0 Å². The summed E-state index contributed by atoms with van der Waals surface area (Å²) < 4.78 is 16.8. The normalized spacial score (nSPS) is 11.2. The van der Waals surface area contributed by atoms with Crippen LogP contribution in [0.5, 0.6) is 0 Å². The molecule has 0 unspecified atom stereocenters. The molecule has 2 aromatic carbocycles. The van der Waals surface area contributed by atoms with E-state index in [1.54, 1.807) is 42.5 Å². The molecule has 0 fully saturated rings. The first-order valence-corrected chi connectivity index (χ1v) is 10.1. The van der Waals surface area contributed by atoms with Crippen molar-refractivity contribution in [1.82, 2.24) is 14.5 Å². The first kappa shape index (κ1) is 21.5. The van der Waals surface area contributed by atoms with Gasteiger partial charge in [0.05, 0.1) is 17.4 Å². The maximum absolute atomic E-state index is 14.2. The second kappa shape index (κ2) is 9.52. The van der Waals surface area contributed by atoms with Crippen molar-refractivity contribution >= 4 is 16.8 Å². The standard InChI is InChI=1S/C23H26FN3O3/c1-16(2)25-21(28)13-7-8-14-26-22(29)18-10-4-6-12-20(18)27(23(26)30)15-17-9-3-5-11-19(17)24/h3-6,9-12,16H,7-8,13-15H2,1-2H3,(H,25,28). The lowest BCUT2D eigenvalue weighted by Gasteiger charge is -2.14. The van der Waals surface area contributed by atoms with Crippen LogP contribution in [0.15, 0.2) is 58.1 Å². The van der Waals surface area contributed by atoms with Crippen LogP contribution < -0.4 is 16.6 Å². The van der Waals surface area contributed by atoms with Gasteiger partial charge < -0.3 is 5.32 Å². The molecule has 7 heteroatoms. The lowest BCUT2D eigenvalue weighted by molar-refractivity contribution is -0.121. The zero-order chi connectivity index (χ0) is 21.7. The van der Waals surface area contributed by atoms with Crippen molar-refractivity contribution < 1.29 is 9.18 Å². The van der Waals surface area contributed by atoms with Crippen LogP contribution in [-0.2, 0) is 17.9 Å². The molecule has 30 heavy (non-hydrogen) atoms. The molecular formula is C23H26FN3O3. The average molecular weight is 411 g/mol. The molecule has 0 saturated carbocycles. The van der Waals surface area contributed by atoms with Crippen molar-refractivity contribution in [3.05, 3.63) is 80.7 Å². The van der Waals surface area contributed by atoms with Crippen molar-refractivity contribution in [2.75, 3.05) is 0 Å². The molecule has 6 nitrogen and oxygen atoms in total. The number of carbonyl (C=O) groups excluding carboxylic acids is 1. The number of para-hydroxylation sites is 1. The number of aromatic nitrogens is 2. The molecule has 3 aromatic rings. The number of carbonyl (C=O) groups is 1. The van der Waals surface area contributed by atoms with E-state index in [9.17, 15) is 18.8 Å². The average Bonchev–Trinajstić information content (AvgIpc) is 2.71. The summed E-state index contributed by atoms with van der Waals surface area (Å²) in [6.07, 6.45) is 1.41. The zero-order valence-electron chi connectivity index (χ0n) is 17.2. The van der Waals surface area contributed by atoms with Gasteiger partial charge in [-0.25, -0.2) is 9.18 Å². The number of nitrogens with zero attached hydrogens (tertiary/aromatic N) is 2. The lowest BCUT2D eigenvalue weighted by atomic mass is 10.2. The molecular weight excluding hydrogens is 385 g/mol. The number of unbranched alkanes of at least 4 members (excludes halogenated alkanes) is 1. The fourth-order valence-corrected chi connectivity index (χ4v) is 3.47. The van der Waals surface area contributed by atoms with Crippen molar-refractivity contribution in [2.45, 2.75) is 52.2 Å². The lowest BCUT2D eigenvalue weighted by Crippen LogP contribution is -2.40. The van der Waals surface area contributed by atoms with Crippen LogP contribution in [0.1, 0.15) is 38.7 Å². The number of amides is 1. The maximum atomic E-state index is 14.2. The molecule has 0 atom stereocenters. The fourth-order valence-electron chi connectivity index (χ4n) is 3.47. The molecule has 1 N–H and O–H groups in total. The quantitative estimate of drug-likeness (QED) is 0.579. The second-order valence-corrected chi connectivity index (χ2v) is 7.61. The van der Waals surface area contributed by atoms with Crippen molar-refractivity contribution in [3.8, 4) is 0 Å². The minimum atomic E-state index is -0.478. The van der Waals surface area contributed by atoms with Crippen molar-refractivity contribution in [2.24, 2.45) is 0 Å². The summed E-state index contributed by atoms with van der Waals surface area (Å²) in [6, 6.07) is 13.2. The molecule has 0 radical (unpaired) electrons. The third kappa shape index (κ3) is 4.84. The highest BCUT2D eigenvalue weighted by Gasteiger charge is 2.14. The Kier molecular flexibility index (Phi) is 6.82. The van der Waals surface area contributed by atoms with Crippen LogP contribution in [0, 0.1) is 5.82 Å². The van der Waals surface area contributed by atoms with Gasteiger partial charge in [0.25, 0.3) is 5.56 Å². The van der Waals surface area contributed by atoms with Crippen LogP contribution in [0.3, 0.4) is 0 Å². The number of halogens is 1. The van der Waals surface area contributed by atoms with Crippen LogP contribution in [0.4, 0.5) is 4.39 Å². The first-order chi connectivity index (χ1) is 14.4. The Labute approximate surface area is 174 Å². The van der Waals surface area contributed by atoms with Gasteiger partial charge >= 0.3 is 5.69 Å². The Morgan fingerprint density at radius 2 is 1.70 bits per heavy atom. The minimum Gasteiger partial charge on any atom is -0.354 e. The van der Waals surface area contributed by atoms with E-state index in [0.29, 0.717) is 35.7 Å². The SMILES string of the molecule is CC(C)NC(=O)CCCCn1c(=O)c2ccccc2n(Cc2ccccc2F)c1=O. The summed E-state index contributed by atoms with van der Waals surface area (Å²) >= 11 is 0. The third-order valence-corrected chi connectivity index (χ3v) is 4.90. The Morgan fingerprint density at radius 3 is 2.43 bits per heavy atom. The Hall–Kier alpha value is -3.22. The summed E-state index contributed by atoms with van der Waals surface area (Å²) in [4.78, 5) is 37.8. The summed E-state index contributed by atoms with van der Waals surface area (Å²) in [7, 11) is 0. The molecule has 0 spiro atoms. The van der Waals surface area contributed by atoms with Gasteiger partial charge in [-0.3, -0.25) is 18.7 Å². The molecule has 3 rings (SSSR count). The molecule has 158 valence electrons. The van der Waals surface area contributed by atoms with E-state index in [2.05, 4.69) is 5.32 Å². The number of rotatable bonds is 8. The maximum Gasteiger partial charge on any atom is 0.331 e. The van der Waals surface area contributed by atoms with Gasteiger partial charge in [0.2, 0.25) is 5.91 Å². The zero-order valence-corrected chi connectivity index (χ0v) is 17.2. The van der Waals surface area contributed by atoms with Gasteiger partial charge in [-0.1, -0.05) is 30.3 Å². The topological polar surface area (TPSA) is 73.1 Å². The van der Waals surface area contributed by atoms with E-state index in [1.165, 1.54) is 15.2 Å². The van der Waals surface area contributed by atoms with Crippen LogP contribution in [-0.4, -0.2) is 21.1 Å². The predicted octanol–water partition coefficient (Wildman–Crippen LogP) is 3.05. The van der Waals surface area contributed by atoms with Crippen LogP contribution in [0.25, 0.3) is 10.9 Å². The highest BCUT2D eigenvalue weighted by Crippen LogP contribution is 2.13. The Balaban J connectivity index is 1.90. The van der Waals surface area contributed by atoms with E-state index in [4.69, 9.17) is 0 Å². The second-order valence-electron chi connectivity index (χ2n) is 7.61. The van der Waals surface area contributed by atoms with E-state index < -0.39 is 11.5 Å². The Morgan fingerprint density at radius 1 is 1.00 bits per heavy atom. The van der Waals surface area contributed by atoms with E-state index in [0.717, 1.165) is 0 Å². The summed E-state index contributed by atoms with van der Waals surface area (Å²) in [5, 5.41) is 3.23. The molecule has 1 aromatic heterocycles. The van der Waals surface area contributed by atoms with E-state index in [1.807, 2.05) is 13.8 Å². The fraction of sp³-hybridized carbons (Fsp3) is 0.348. The molecule has 0 bridgehead atoms. The van der Waals surface area contributed by atoms with Crippen molar-refractivity contribution in [1.29, 1.82) is 0 Å².